The van der Waals surface area contributed by atoms with Crippen LogP contribution in [0.15, 0.2) is 30.5 Å². The Morgan fingerprint density at radius 3 is 2.75 bits per heavy atom. The zero-order valence-corrected chi connectivity index (χ0v) is 11.9. The number of hydrogen-bond donors (Lipinski definition) is 2. The van der Waals surface area contributed by atoms with Gasteiger partial charge in [-0.05, 0) is 37.6 Å². The fourth-order valence-corrected chi connectivity index (χ4v) is 2.01. The lowest BCUT2D eigenvalue weighted by Gasteiger charge is -2.12. The Morgan fingerprint density at radius 2 is 2.15 bits per heavy atom. The van der Waals surface area contributed by atoms with Gasteiger partial charge in [0.05, 0.1) is 18.0 Å². The van der Waals surface area contributed by atoms with Crippen molar-refractivity contribution in [3.63, 3.8) is 0 Å². The number of amides is 1. The van der Waals surface area contributed by atoms with E-state index in [1.807, 2.05) is 32.0 Å². The number of aromatic nitrogens is 1. The van der Waals surface area contributed by atoms with Gasteiger partial charge in [0.1, 0.15) is 11.4 Å². The largest absolute Gasteiger partial charge is 0.492 e. The Morgan fingerprint density at radius 1 is 1.40 bits per heavy atom. The minimum absolute atomic E-state index is 0.214. The third-order valence-corrected chi connectivity index (χ3v) is 2.94. The van der Waals surface area contributed by atoms with E-state index in [9.17, 15) is 4.79 Å². The molecule has 0 aliphatic rings. The van der Waals surface area contributed by atoms with Crippen molar-refractivity contribution in [2.75, 3.05) is 17.7 Å². The second-order valence-corrected chi connectivity index (χ2v) is 4.66. The zero-order valence-electron chi connectivity index (χ0n) is 11.9. The smallest absolute Gasteiger partial charge is 0.272 e. The maximum atomic E-state index is 12.2. The van der Waals surface area contributed by atoms with Gasteiger partial charge in [0.15, 0.2) is 0 Å². The van der Waals surface area contributed by atoms with Crippen LogP contribution in [0.25, 0.3) is 0 Å². The number of aryl methyl sites for hydroxylation is 2. The Balaban J connectivity index is 2.25. The van der Waals surface area contributed by atoms with E-state index in [2.05, 4.69) is 5.32 Å². The normalized spacial score (nSPS) is 10.3. The highest BCUT2D eigenvalue weighted by Crippen LogP contribution is 2.26. The monoisotopic (exact) mass is 273 g/mol. The molecule has 1 aromatic heterocycles. The molecule has 3 N–H and O–H groups in total. The summed E-state index contributed by atoms with van der Waals surface area (Å²) in [6.45, 7) is 4.43. The van der Waals surface area contributed by atoms with Crippen LogP contribution >= 0.6 is 0 Å². The maximum absolute atomic E-state index is 12.2. The lowest BCUT2D eigenvalue weighted by Crippen LogP contribution is -2.16. The van der Waals surface area contributed by atoms with E-state index in [1.54, 1.807) is 23.9 Å². The summed E-state index contributed by atoms with van der Waals surface area (Å²) in [6.07, 6.45) is 1.70. The predicted molar refractivity (Wildman–Crippen MR) is 80.1 cm³/mol. The fourth-order valence-electron chi connectivity index (χ4n) is 2.01. The number of carbonyl (C=O) groups excluding carboxylic acids is 1. The lowest BCUT2D eigenvalue weighted by molar-refractivity contribution is 0.101. The van der Waals surface area contributed by atoms with Crippen LogP contribution in [0.4, 0.5) is 11.4 Å². The molecule has 1 heterocycles. The van der Waals surface area contributed by atoms with Crippen LogP contribution in [0.1, 0.15) is 23.0 Å². The summed E-state index contributed by atoms with van der Waals surface area (Å²) in [5, 5.41) is 2.85. The molecule has 0 aliphatic carbocycles. The average Bonchev–Trinajstić information content (AvgIpc) is 2.72. The molecule has 1 amide bonds. The molecule has 106 valence electrons. The molecule has 20 heavy (non-hydrogen) atoms. The highest BCUT2D eigenvalue weighted by atomic mass is 16.5. The number of hydrogen-bond acceptors (Lipinski definition) is 3. The molecule has 2 aromatic rings. The summed E-state index contributed by atoms with van der Waals surface area (Å²) in [5.74, 6) is 0.456. The number of nitrogens with zero attached hydrogens (tertiary/aromatic N) is 1. The van der Waals surface area contributed by atoms with E-state index >= 15 is 0 Å². The van der Waals surface area contributed by atoms with Crippen molar-refractivity contribution in [3.05, 3.63) is 41.7 Å². The number of carbonyl (C=O) groups is 1. The summed E-state index contributed by atoms with van der Waals surface area (Å²) in [5.41, 5.74) is 8.48. The SMILES string of the molecule is CCOc1cc(C)ccc1NC(=O)c1cc(N)cn1C. The Labute approximate surface area is 118 Å². The fraction of sp³-hybridized carbons (Fsp3) is 0.267. The highest BCUT2D eigenvalue weighted by molar-refractivity contribution is 6.04. The van der Waals surface area contributed by atoms with E-state index in [4.69, 9.17) is 10.5 Å². The quantitative estimate of drug-likeness (QED) is 0.899. The van der Waals surface area contributed by atoms with E-state index < -0.39 is 0 Å². The molecule has 0 fully saturated rings. The van der Waals surface area contributed by atoms with E-state index in [-0.39, 0.29) is 5.91 Å². The van der Waals surface area contributed by atoms with Crippen LogP contribution in [0.2, 0.25) is 0 Å². The Bertz CT molecular complexity index is 632. The van der Waals surface area contributed by atoms with E-state index in [0.29, 0.717) is 29.4 Å². The van der Waals surface area contributed by atoms with Gasteiger partial charge in [-0.15, -0.1) is 0 Å². The van der Waals surface area contributed by atoms with Gasteiger partial charge in [0, 0.05) is 13.2 Å². The van der Waals surface area contributed by atoms with Gasteiger partial charge in [-0.1, -0.05) is 6.07 Å². The van der Waals surface area contributed by atoms with E-state index in [1.165, 1.54) is 0 Å². The zero-order chi connectivity index (χ0) is 14.7. The van der Waals surface area contributed by atoms with Crippen molar-refractivity contribution < 1.29 is 9.53 Å². The summed E-state index contributed by atoms with van der Waals surface area (Å²) in [4.78, 5) is 12.2. The first-order valence-corrected chi connectivity index (χ1v) is 6.48. The summed E-state index contributed by atoms with van der Waals surface area (Å²) < 4.78 is 7.24. The summed E-state index contributed by atoms with van der Waals surface area (Å²) >= 11 is 0. The van der Waals surface area contributed by atoms with E-state index in [0.717, 1.165) is 5.56 Å². The van der Waals surface area contributed by atoms with Gasteiger partial charge < -0.3 is 20.4 Å². The Hall–Kier alpha value is -2.43. The molecule has 5 nitrogen and oxygen atoms in total. The van der Waals surface area contributed by atoms with Crippen LogP contribution in [0.3, 0.4) is 0 Å². The summed E-state index contributed by atoms with van der Waals surface area (Å²) in [6, 6.07) is 7.31. The van der Waals surface area contributed by atoms with Crippen LogP contribution in [-0.2, 0) is 7.05 Å². The first-order chi connectivity index (χ1) is 9.51. The third-order valence-electron chi connectivity index (χ3n) is 2.94. The van der Waals surface area contributed by atoms with Crippen LogP contribution < -0.4 is 15.8 Å². The number of nitrogens with one attached hydrogen (secondary N) is 1. The number of nitrogen functional groups attached to an aromatic ring is 1. The minimum atomic E-state index is -0.214. The Kier molecular flexibility index (Phi) is 3.98. The van der Waals surface area contributed by atoms with Crippen LogP contribution in [-0.4, -0.2) is 17.1 Å². The van der Waals surface area contributed by atoms with Gasteiger partial charge in [-0.25, -0.2) is 0 Å². The molecule has 0 saturated heterocycles. The van der Waals surface area contributed by atoms with Crippen molar-refractivity contribution in [3.8, 4) is 5.75 Å². The molecule has 0 bridgehead atoms. The maximum Gasteiger partial charge on any atom is 0.272 e. The molecule has 0 spiro atoms. The molecular formula is C15H19N3O2. The van der Waals surface area contributed by atoms with Crippen molar-refractivity contribution in [1.82, 2.24) is 4.57 Å². The first kappa shape index (κ1) is 14.0. The van der Waals surface area contributed by atoms with Crippen LogP contribution in [0.5, 0.6) is 5.75 Å². The van der Waals surface area contributed by atoms with Crippen molar-refractivity contribution >= 4 is 17.3 Å². The molecular weight excluding hydrogens is 254 g/mol. The summed E-state index contributed by atoms with van der Waals surface area (Å²) in [7, 11) is 1.78. The third kappa shape index (κ3) is 2.93. The van der Waals surface area contributed by atoms with Gasteiger partial charge in [0.25, 0.3) is 5.91 Å². The molecule has 0 saturated carbocycles. The van der Waals surface area contributed by atoms with Gasteiger partial charge >= 0.3 is 0 Å². The number of nitrogens with two attached hydrogens (primary N) is 1. The highest BCUT2D eigenvalue weighted by Gasteiger charge is 2.13. The molecule has 0 atom stereocenters. The first-order valence-electron chi connectivity index (χ1n) is 6.48. The molecule has 0 radical (unpaired) electrons. The average molecular weight is 273 g/mol. The van der Waals surface area contributed by atoms with Crippen molar-refractivity contribution in [2.24, 2.45) is 7.05 Å². The van der Waals surface area contributed by atoms with Gasteiger partial charge in [-0.2, -0.15) is 0 Å². The standard InChI is InChI=1S/C15H19N3O2/c1-4-20-14-7-10(2)5-6-12(14)17-15(19)13-8-11(16)9-18(13)3/h5-9H,4,16H2,1-3H3,(H,17,19). The number of rotatable bonds is 4. The number of anilines is 2. The molecule has 1 aromatic carbocycles. The van der Waals surface area contributed by atoms with Crippen molar-refractivity contribution in [2.45, 2.75) is 13.8 Å². The second kappa shape index (κ2) is 5.69. The molecule has 2 rings (SSSR count). The van der Waals surface area contributed by atoms with Gasteiger partial charge in [-0.3, -0.25) is 4.79 Å². The number of benzene rings is 1. The minimum Gasteiger partial charge on any atom is -0.492 e. The predicted octanol–water partition coefficient (Wildman–Crippen LogP) is 2.57. The topological polar surface area (TPSA) is 69.3 Å². The van der Waals surface area contributed by atoms with Crippen LogP contribution in [0, 0.1) is 6.92 Å². The molecule has 0 aliphatic heterocycles. The van der Waals surface area contributed by atoms with Crippen molar-refractivity contribution in [1.29, 1.82) is 0 Å². The lowest BCUT2D eigenvalue weighted by atomic mass is 10.2. The molecule has 0 unspecified atom stereocenters. The second-order valence-electron chi connectivity index (χ2n) is 4.66. The molecule has 5 heteroatoms. The van der Waals surface area contributed by atoms with Gasteiger partial charge in [0.2, 0.25) is 0 Å². The number of ether oxygens (including phenoxy) is 1.